The summed E-state index contributed by atoms with van der Waals surface area (Å²) in [5.74, 6) is 1.82. The van der Waals surface area contributed by atoms with Gasteiger partial charge in [-0.1, -0.05) is 12.1 Å². The number of carbonyl (C=O) groups excluding carboxylic acids is 1. The first-order valence-electron chi connectivity index (χ1n) is 14.2. The fourth-order valence-corrected chi connectivity index (χ4v) is 6.12. The molecule has 0 radical (unpaired) electrons. The fraction of sp³-hybridized carbons (Fsp3) is 0.171. The van der Waals surface area contributed by atoms with Crippen LogP contribution in [0.1, 0.15) is 45.1 Å². The van der Waals surface area contributed by atoms with Crippen molar-refractivity contribution in [1.82, 2.24) is 14.9 Å². The van der Waals surface area contributed by atoms with Crippen molar-refractivity contribution in [3.8, 4) is 22.9 Å². The molecule has 9 heteroatoms. The molecule has 1 aliphatic rings. The Labute approximate surface area is 261 Å². The number of aryl methyl sites for hydroxylation is 1. The monoisotopic (exact) mass is 604 g/mol. The van der Waals surface area contributed by atoms with Crippen molar-refractivity contribution < 1.29 is 19.0 Å². The maximum Gasteiger partial charge on any atom is 0.337 e. The first-order valence-corrected chi connectivity index (χ1v) is 14.6. The average molecular weight is 605 g/mol. The summed E-state index contributed by atoms with van der Waals surface area (Å²) in [6, 6.07) is 30.5. The van der Waals surface area contributed by atoms with Gasteiger partial charge in [0.1, 0.15) is 17.2 Å². The molecule has 0 spiro atoms. The summed E-state index contributed by atoms with van der Waals surface area (Å²) < 4.78 is 18.4. The number of rotatable bonds is 8. The second-order valence-electron chi connectivity index (χ2n) is 10.5. The lowest BCUT2D eigenvalue weighted by molar-refractivity contribution is 0.0600. The molecule has 1 N–H and O–H groups in total. The summed E-state index contributed by atoms with van der Waals surface area (Å²) >= 11 is 5.96. The Balaban J connectivity index is 1.39. The zero-order valence-corrected chi connectivity index (χ0v) is 25.7. The van der Waals surface area contributed by atoms with E-state index in [9.17, 15) is 4.79 Å². The van der Waals surface area contributed by atoms with Crippen LogP contribution in [0.4, 0.5) is 5.69 Å². The predicted octanol–water partition coefficient (Wildman–Crippen LogP) is 7.25. The van der Waals surface area contributed by atoms with E-state index in [-0.39, 0.29) is 18.1 Å². The SMILES string of the molecule is COC(=O)c1cccc(-n2c(C)cc(C3C(c4ccccn4)NC(=S)N3c3ccc(Oc4ccc(OC)cc4)cc3)c2C)c1. The molecule has 6 rings (SSSR count). The van der Waals surface area contributed by atoms with E-state index in [1.54, 1.807) is 19.4 Å². The third-order valence-electron chi connectivity index (χ3n) is 7.82. The number of aromatic nitrogens is 2. The Morgan fingerprint density at radius 1 is 0.841 bits per heavy atom. The van der Waals surface area contributed by atoms with E-state index in [1.165, 1.54) is 7.11 Å². The number of carbonyl (C=O) groups is 1. The molecule has 1 fully saturated rings. The van der Waals surface area contributed by atoms with Crippen molar-refractivity contribution in [1.29, 1.82) is 0 Å². The highest BCUT2D eigenvalue weighted by molar-refractivity contribution is 7.80. The van der Waals surface area contributed by atoms with Crippen LogP contribution in [0, 0.1) is 13.8 Å². The maximum atomic E-state index is 12.3. The standard InChI is InChI=1S/C35H32N4O4S/c1-22-20-30(23(2)38(22)26-9-7-8-24(21-26)34(40)42-4)33-32(31-10-5-6-19-36-31)37-35(44)39(33)25-11-13-28(14-12-25)43-29-17-15-27(41-3)16-18-29/h5-21,32-33H,1-4H3,(H,37,44). The number of ether oxygens (including phenoxy) is 3. The number of methoxy groups -OCH3 is 2. The van der Waals surface area contributed by atoms with Crippen LogP contribution in [0.2, 0.25) is 0 Å². The van der Waals surface area contributed by atoms with Crippen LogP contribution in [0.5, 0.6) is 17.2 Å². The summed E-state index contributed by atoms with van der Waals surface area (Å²) in [5, 5.41) is 4.14. The molecule has 0 saturated carbocycles. The number of esters is 1. The molecule has 8 nitrogen and oxygen atoms in total. The first kappa shape index (κ1) is 28.9. The minimum Gasteiger partial charge on any atom is -0.497 e. The number of hydrogen-bond acceptors (Lipinski definition) is 6. The van der Waals surface area contributed by atoms with E-state index in [2.05, 4.69) is 34.7 Å². The van der Waals surface area contributed by atoms with Gasteiger partial charge in [-0.15, -0.1) is 0 Å². The van der Waals surface area contributed by atoms with Crippen LogP contribution in [0.3, 0.4) is 0 Å². The smallest absolute Gasteiger partial charge is 0.337 e. The average Bonchev–Trinajstić information content (AvgIpc) is 3.56. The molecule has 2 atom stereocenters. The number of pyridine rings is 1. The van der Waals surface area contributed by atoms with Crippen LogP contribution in [-0.2, 0) is 4.74 Å². The zero-order chi connectivity index (χ0) is 30.8. The molecule has 0 bridgehead atoms. The molecule has 0 aliphatic carbocycles. The summed E-state index contributed by atoms with van der Waals surface area (Å²) in [7, 11) is 3.03. The van der Waals surface area contributed by atoms with Crippen molar-refractivity contribution in [3.05, 3.63) is 131 Å². The maximum absolute atomic E-state index is 12.3. The molecular formula is C35H32N4O4S. The van der Waals surface area contributed by atoms with Gasteiger partial charge in [0.2, 0.25) is 0 Å². The zero-order valence-electron chi connectivity index (χ0n) is 24.9. The van der Waals surface area contributed by atoms with E-state index in [1.807, 2.05) is 84.9 Å². The van der Waals surface area contributed by atoms with Crippen LogP contribution in [0.15, 0.2) is 103 Å². The number of anilines is 1. The van der Waals surface area contributed by atoms with Gasteiger partial charge in [0.05, 0.1) is 37.6 Å². The lowest BCUT2D eigenvalue weighted by atomic mass is 9.96. The number of hydrogen-bond donors (Lipinski definition) is 1. The molecular weight excluding hydrogens is 572 g/mol. The summed E-state index contributed by atoms with van der Waals surface area (Å²) in [5.41, 5.74) is 6.33. The molecule has 0 amide bonds. The van der Waals surface area contributed by atoms with Gasteiger partial charge in [-0.2, -0.15) is 0 Å². The van der Waals surface area contributed by atoms with Crippen molar-refractivity contribution in [2.24, 2.45) is 0 Å². The third kappa shape index (κ3) is 5.49. The molecule has 2 aromatic heterocycles. The van der Waals surface area contributed by atoms with Gasteiger partial charge in [0.15, 0.2) is 5.11 Å². The molecule has 2 unspecified atom stereocenters. The largest absolute Gasteiger partial charge is 0.497 e. The van der Waals surface area contributed by atoms with Crippen molar-refractivity contribution >= 4 is 29.0 Å². The Bertz CT molecular complexity index is 1800. The van der Waals surface area contributed by atoms with Gasteiger partial charge < -0.3 is 29.0 Å². The van der Waals surface area contributed by atoms with E-state index < -0.39 is 0 Å². The Morgan fingerprint density at radius 2 is 1.55 bits per heavy atom. The summed E-state index contributed by atoms with van der Waals surface area (Å²) in [6.45, 7) is 4.15. The minimum absolute atomic E-state index is 0.200. The first-order chi connectivity index (χ1) is 21.4. The van der Waals surface area contributed by atoms with Gasteiger partial charge in [-0.3, -0.25) is 4.98 Å². The Kier molecular flexibility index (Phi) is 8.04. The minimum atomic E-state index is -0.374. The van der Waals surface area contributed by atoms with E-state index in [0.717, 1.165) is 39.8 Å². The van der Waals surface area contributed by atoms with E-state index in [4.69, 9.17) is 31.4 Å². The quantitative estimate of drug-likeness (QED) is 0.147. The van der Waals surface area contributed by atoms with Crippen LogP contribution >= 0.6 is 12.2 Å². The van der Waals surface area contributed by atoms with Gasteiger partial charge >= 0.3 is 5.97 Å². The molecule has 5 aromatic rings. The topological polar surface area (TPSA) is 77.9 Å². The van der Waals surface area contributed by atoms with Crippen molar-refractivity contribution in [3.63, 3.8) is 0 Å². The third-order valence-corrected chi connectivity index (χ3v) is 8.14. The van der Waals surface area contributed by atoms with Gasteiger partial charge in [-0.05, 0) is 117 Å². The fourth-order valence-electron chi connectivity index (χ4n) is 5.78. The van der Waals surface area contributed by atoms with Crippen LogP contribution in [-0.4, -0.2) is 34.9 Å². The molecule has 1 aliphatic heterocycles. The van der Waals surface area contributed by atoms with E-state index in [0.29, 0.717) is 22.2 Å². The second kappa shape index (κ2) is 12.2. The van der Waals surface area contributed by atoms with Gasteiger partial charge in [0.25, 0.3) is 0 Å². The molecule has 44 heavy (non-hydrogen) atoms. The highest BCUT2D eigenvalue weighted by Gasteiger charge is 2.42. The second-order valence-corrected chi connectivity index (χ2v) is 10.9. The number of thiocarbonyl (C=S) groups is 1. The molecule has 222 valence electrons. The molecule has 3 aromatic carbocycles. The summed E-state index contributed by atoms with van der Waals surface area (Å²) in [4.78, 5) is 19.1. The highest BCUT2D eigenvalue weighted by Crippen LogP contribution is 2.44. The molecule has 1 saturated heterocycles. The Morgan fingerprint density at radius 3 is 2.20 bits per heavy atom. The Hall–Kier alpha value is -5.15. The number of nitrogens with one attached hydrogen (secondary N) is 1. The van der Waals surface area contributed by atoms with Gasteiger partial charge in [-0.25, -0.2) is 4.79 Å². The lowest BCUT2D eigenvalue weighted by Gasteiger charge is -2.28. The lowest BCUT2D eigenvalue weighted by Crippen LogP contribution is -2.29. The van der Waals surface area contributed by atoms with Crippen LogP contribution < -0.4 is 19.7 Å². The van der Waals surface area contributed by atoms with Crippen molar-refractivity contribution in [2.45, 2.75) is 25.9 Å². The highest BCUT2D eigenvalue weighted by atomic mass is 32.1. The number of nitrogens with zero attached hydrogens (tertiary/aromatic N) is 3. The van der Waals surface area contributed by atoms with Crippen LogP contribution in [0.25, 0.3) is 5.69 Å². The van der Waals surface area contributed by atoms with E-state index >= 15 is 0 Å². The van der Waals surface area contributed by atoms with Gasteiger partial charge in [0, 0.05) is 29.0 Å². The molecule has 3 heterocycles. The normalized spacial score (nSPS) is 16.0. The predicted molar refractivity (Wildman–Crippen MR) is 174 cm³/mol. The summed E-state index contributed by atoms with van der Waals surface area (Å²) in [6.07, 6.45) is 1.80. The van der Waals surface area contributed by atoms with Crippen molar-refractivity contribution in [2.75, 3.05) is 19.1 Å². The number of benzene rings is 3.